The summed E-state index contributed by atoms with van der Waals surface area (Å²) in [6, 6.07) is 19.8. The Hall–Kier alpha value is -2.39. The molecule has 0 saturated carbocycles. The lowest BCUT2D eigenvalue weighted by Crippen LogP contribution is -1.96. The Balaban J connectivity index is 2.14. The van der Waals surface area contributed by atoms with Gasteiger partial charge in [0.15, 0.2) is 9.84 Å². The molecule has 0 aromatic heterocycles. The largest absolute Gasteiger partial charge is 0.224 e. The van der Waals surface area contributed by atoms with Gasteiger partial charge in [0, 0.05) is 6.26 Å². The van der Waals surface area contributed by atoms with Crippen LogP contribution in [0.5, 0.6) is 0 Å². The molecule has 0 radical (unpaired) electrons. The van der Waals surface area contributed by atoms with Gasteiger partial charge in [-0.25, -0.2) is 8.42 Å². The minimum absolute atomic E-state index is 0.343. The summed E-state index contributed by atoms with van der Waals surface area (Å²) in [5, 5.41) is 0. The molecule has 3 rings (SSSR count). The second-order valence-electron chi connectivity index (χ2n) is 6.58. The second kappa shape index (κ2) is 6.49. The maximum absolute atomic E-state index is 11.7. The third kappa shape index (κ3) is 3.52. The molecule has 3 aromatic carbocycles. The molecule has 0 unspecified atom stereocenters. The fraction of sp³-hybridized carbons (Fsp3) is 0.182. The SMILES string of the molecule is Cc1cc(-c2ccccc2-c2ccc(S(C)(=O)=O)cc2)cc(C)c1C. The van der Waals surface area contributed by atoms with Crippen LogP contribution in [-0.2, 0) is 9.84 Å². The van der Waals surface area contributed by atoms with Crippen molar-refractivity contribution < 1.29 is 8.42 Å². The van der Waals surface area contributed by atoms with Gasteiger partial charge >= 0.3 is 0 Å². The monoisotopic (exact) mass is 350 g/mol. The summed E-state index contributed by atoms with van der Waals surface area (Å²) in [4.78, 5) is 0.343. The molecular formula is C22H22O2S. The summed E-state index contributed by atoms with van der Waals surface area (Å²) in [6.45, 7) is 6.41. The number of aryl methyl sites for hydroxylation is 2. The van der Waals surface area contributed by atoms with Gasteiger partial charge in [0.1, 0.15) is 0 Å². The van der Waals surface area contributed by atoms with Gasteiger partial charge in [-0.05, 0) is 71.8 Å². The van der Waals surface area contributed by atoms with E-state index in [2.05, 4.69) is 45.0 Å². The highest BCUT2D eigenvalue weighted by Crippen LogP contribution is 2.34. The lowest BCUT2D eigenvalue weighted by atomic mass is 9.91. The van der Waals surface area contributed by atoms with Gasteiger partial charge in [0.25, 0.3) is 0 Å². The first-order chi connectivity index (χ1) is 11.8. The molecule has 2 nitrogen and oxygen atoms in total. The number of hydrogen-bond donors (Lipinski definition) is 0. The topological polar surface area (TPSA) is 34.1 Å². The molecule has 25 heavy (non-hydrogen) atoms. The van der Waals surface area contributed by atoms with Crippen LogP contribution < -0.4 is 0 Å². The van der Waals surface area contributed by atoms with E-state index in [4.69, 9.17) is 0 Å². The van der Waals surface area contributed by atoms with Gasteiger partial charge in [0.05, 0.1) is 4.90 Å². The first-order valence-electron chi connectivity index (χ1n) is 8.25. The molecule has 3 heteroatoms. The smallest absolute Gasteiger partial charge is 0.175 e. The van der Waals surface area contributed by atoms with Crippen LogP contribution in [0.2, 0.25) is 0 Å². The average Bonchev–Trinajstić information content (AvgIpc) is 2.58. The van der Waals surface area contributed by atoms with Crippen LogP contribution in [0.4, 0.5) is 0 Å². The zero-order valence-corrected chi connectivity index (χ0v) is 15.8. The summed E-state index contributed by atoms with van der Waals surface area (Å²) in [5.41, 5.74) is 8.32. The molecule has 0 aliphatic heterocycles. The van der Waals surface area contributed by atoms with Crippen molar-refractivity contribution in [2.45, 2.75) is 25.7 Å². The van der Waals surface area contributed by atoms with Gasteiger partial charge in [-0.3, -0.25) is 0 Å². The van der Waals surface area contributed by atoms with Crippen LogP contribution in [0, 0.1) is 20.8 Å². The molecule has 128 valence electrons. The van der Waals surface area contributed by atoms with E-state index < -0.39 is 9.84 Å². The van der Waals surface area contributed by atoms with Crippen molar-refractivity contribution in [3.63, 3.8) is 0 Å². The Bertz CT molecular complexity index is 1010. The van der Waals surface area contributed by atoms with E-state index in [9.17, 15) is 8.42 Å². The normalized spacial score (nSPS) is 11.5. The molecule has 0 N–H and O–H groups in total. The minimum atomic E-state index is -3.18. The summed E-state index contributed by atoms with van der Waals surface area (Å²) in [5.74, 6) is 0. The van der Waals surface area contributed by atoms with Crippen molar-refractivity contribution in [1.82, 2.24) is 0 Å². The van der Waals surface area contributed by atoms with Crippen LogP contribution in [0.1, 0.15) is 16.7 Å². The van der Waals surface area contributed by atoms with Crippen molar-refractivity contribution >= 4 is 9.84 Å². The molecule has 0 spiro atoms. The van der Waals surface area contributed by atoms with E-state index >= 15 is 0 Å². The molecule has 0 amide bonds. The molecule has 0 atom stereocenters. The standard InChI is InChI=1S/C22H22O2S/c1-15-13-19(14-16(2)17(15)3)22-8-6-5-7-21(22)18-9-11-20(12-10-18)25(4,23)24/h5-14H,1-4H3. The van der Waals surface area contributed by atoms with Crippen molar-refractivity contribution in [2.24, 2.45) is 0 Å². The summed E-state index contributed by atoms with van der Waals surface area (Å²) in [7, 11) is -3.18. The summed E-state index contributed by atoms with van der Waals surface area (Å²) in [6.07, 6.45) is 1.23. The number of sulfone groups is 1. The van der Waals surface area contributed by atoms with Gasteiger partial charge in [-0.15, -0.1) is 0 Å². The van der Waals surface area contributed by atoms with Crippen molar-refractivity contribution in [2.75, 3.05) is 6.26 Å². The Kier molecular flexibility index (Phi) is 4.53. The molecule has 0 bridgehead atoms. The van der Waals surface area contributed by atoms with Crippen LogP contribution >= 0.6 is 0 Å². The molecule has 0 aliphatic carbocycles. The Morgan fingerprint density at radius 3 is 1.64 bits per heavy atom. The lowest BCUT2D eigenvalue weighted by molar-refractivity contribution is 0.602. The molecular weight excluding hydrogens is 328 g/mol. The Morgan fingerprint density at radius 1 is 0.680 bits per heavy atom. The van der Waals surface area contributed by atoms with Crippen molar-refractivity contribution in [3.8, 4) is 22.3 Å². The highest BCUT2D eigenvalue weighted by molar-refractivity contribution is 7.90. The van der Waals surface area contributed by atoms with E-state index in [0.717, 1.165) is 16.7 Å². The average molecular weight is 350 g/mol. The zero-order chi connectivity index (χ0) is 18.2. The predicted octanol–water partition coefficient (Wildman–Crippen LogP) is 5.35. The van der Waals surface area contributed by atoms with Crippen molar-refractivity contribution in [1.29, 1.82) is 0 Å². The van der Waals surface area contributed by atoms with Gasteiger partial charge in [0.2, 0.25) is 0 Å². The molecule has 0 fully saturated rings. The molecule has 0 heterocycles. The Labute approximate surface area is 150 Å². The molecule has 3 aromatic rings. The third-order valence-corrected chi connectivity index (χ3v) is 5.89. The summed E-state index contributed by atoms with van der Waals surface area (Å²) < 4.78 is 23.4. The number of rotatable bonds is 3. The fourth-order valence-corrected chi connectivity index (χ4v) is 3.69. The van der Waals surface area contributed by atoms with E-state index in [1.54, 1.807) is 12.1 Å². The highest BCUT2D eigenvalue weighted by atomic mass is 32.2. The van der Waals surface area contributed by atoms with E-state index in [1.165, 1.54) is 28.5 Å². The van der Waals surface area contributed by atoms with Gasteiger partial charge in [-0.2, -0.15) is 0 Å². The summed E-state index contributed by atoms with van der Waals surface area (Å²) >= 11 is 0. The van der Waals surface area contributed by atoms with Gasteiger partial charge < -0.3 is 0 Å². The van der Waals surface area contributed by atoms with Crippen LogP contribution in [0.3, 0.4) is 0 Å². The van der Waals surface area contributed by atoms with Crippen LogP contribution in [-0.4, -0.2) is 14.7 Å². The minimum Gasteiger partial charge on any atom is -0.224 e. The second-order valence-corrected chi connectivity index (χ2v) is 8.59. The highest BCUT2D eigenvalue weighted by Gasteiger charge is 2.11. The van der Waals surface area contributed by atoms with Crippen LogP contribution in [0.15, 0.2) is 65.6 Å². The fourth-order valence-electron chi connectivity index (χ4n) is 3.06. The van der Waals surface area contributed by atoms with Crippen LogP contribution in [0.25, 0.3) is 22.3 Å². The van der Waals surface area contributed by atoms with E-state index in [0.29, 0.717) is 4.90 Å². The molecule has 0 aliphatic rings. The maximum atomic E-state index is 11.7. The quantitative estimate of drug-likeness (QED) is 0.638. The lowest BCUT2D eigenvalue weighted by Gasteiger charge is -2.14. The molecule has 0 saturated heterocycles. The predicted molar refractivity (Wildman–Crippen MR) is 105 cm³/mol. The first kappa shape index (κ1) is 17.4. The van der Waals surface area contributed by atoms with E-state index in [-0.39, 0.29) is 0 Å². The first-order valence-corrected chi connectivity index (χ1v) is 10.1. The Morgan fingerprint density at radius 2 is 1.16 bits per heavy atom. The van der Waals surface area contributed by atoms with Crippen molar-refractivity contribution in [3.05, 3.63) is 77.4 Å². The van der Waals surface area contributed by atoms with E-state index in [1.807, 2.05) is 24.3 Å². The third-order valence-electron chi connectivity index (χ3n) is 4.76. The maximum Gasteiger partial charge on any atom is 0.175 e. The van der Waals surface area contributed by atoms with Gasteiger partial charge in [-0.1, -0.05) is 48.5 Å². The number of benzene rings is 3. The number of hydrogen-bond acceptors (Lipinski definition) is 2. The zero-order valence-electron chi connectivity index (χ0n) is 15.0.